The molecule has 0 saturated carbocycles. The molecule has 102 valence electrons. The van der Waals surface area contributed by atoms with Gasteiger partial charge in [-0.25, -0.2) is 4.98 Å². The summed E-state index contributed by atoms with van der Waals surface area (Å²) in [6.07, 6.45) is 3.97. The third kappa shape index (κ3) is 3.77. The minimum Gasteiger partial charge on any atom is -0.313 e. The van der Waals surface area contributed by atoms with Crippen LogP contribution in [0.15, 0.2) is 5.38 Å². The topological polar surface area (TPSA) is 37.0 Å². The Morgan fingerprint density at radius 2 is 2.44 bits per heavy atom. The highest BCUT2D eigenvalue weighted by Crippen LogP contribution is 2.20. The van der Waals surface area contributed by atoms with Gasteiger partial charge < -0.3 is 10.6 Å². The van der Waals surface area contributed by atoms with Crippen LogP contribution in [0, 0.1) is 12.8 Å². The van der Waals surface area contributed by atoms with E-state index in [1.54, 1.807) is 11.3 Å². The van der Waals surface area contributed by atoms with Crippen molar-refractivity contribution in [1.29, 1.82) is 0 Å². The molecule has 3 unspecified atom stereocenters. The minimum absolute atomic E-state index is 0.368. The van der Waals surface area contributed by atoms with Crippen molar-refractivity contribution in [2.24, 2.45) is 5.92 Å². The summed E-state index contributed by atoms with van der Waals surface area (Å²) < 4.78 is 0. The van der Waals surface area contributed by atoms with Gasteiger partial charge in [0.1, 0.15) is 5.01 Å². The van der Waals surface area contributed by atoms with Gasteiger partial charge in [0.2, 0.25) is 0 Å². The van der Waals surface area contributed by atoms with Gasteiger partial charge in [-0.05, 0) is 39.2 Å². The maximum Gasteiger partial charge on any atom is 0.110 e. The molecule has 0 radical (unpaired) electrons. The summed E-state index contributed by atoms with van der Waals surface area (Å²) in [5.41, 5.74) is 1.13. The third-order valence-electron chi connectivity index (χ3n) is 3.86. The van der Waals surface area contributed by atoms with E-state index >= 15 is 0 Å². The average Bonchev–Trinajstić information content (AvgIpc) is 2.83. The number of nitrogens with one attached hydrogen (secondary N) is 2. The molecule has 3 nitrogen and oxygen atoms in total. The number of thiazole rings is 1. The lowest BCUT2D eigenvalue weighted by Gasteiger charge is -2.30. The van der Waals surface area contributed by atoms with E-state index in [0.717, 1.165) is 18.2 Å². The molecule has 0 aliphatic carbocycles. The summed E-state index contributed by atoms with van der Waals surface area (Å²) in [4.78, 5) is 4.54. The summed E-state index contributed by atoms with van der Waals surface area (Å²) in [6.45, 7) is 8.80. The van der Waals surface area contributed by atoms with Crippen LogP contribution in [-0.2, 0) is 0 Å². The quantitative estimate of drug-likeness (QED) is 0.861. The summed E-state index contributed by atoms with van der Waals surface area (Å²) in [5, 5.41) is 10.6. The molecule has 0 aromatic carbocycles. The molecule has 1 saturated heterocycles. The number of hydrogen-bond donors (Lipinski definition) is 2. The van der Waals surface area contributed by atoms with Crippen LogP contribution in [-0.4, -0.2) is 24.1 Å². The molecule has 1 fully saturated rings. The fraction of sp³-hybridized carbons (Fsp3) is 0.786. The molecule has 2 heterocycles. The molecule has 0 amide bonds. The molecule has 1 aromatic rings. The minimum atomic E-state index is 0.368. The van der Waals surface area contributed by atoms with Gasteiger partial charge in [0.05, 0.1) is 6.04 Å². The van der Waals surface area contributed by atoms with Crippen molar-refractivity contribution in [3.05, 3.63) is 16.1 Å². The van der Waals surface area contributed by atoms with E-state index in [0.29, 0.717) is 12.1 Å². The van der Waals surface area contributed by atoms with E-state index in [1.807, 2.05) is 0 Å². The Balaban J connectivity index is 1.77. The fourth-order valence-corrected chi connectivity index (χ4v) is 3.43. The van der Waals surface area contributed by atoms with Crippen molar-refractivity contribution >= 4 is 11.3 Å². The lowest BCUT2D eigenvalue weighted by molar-refractivity contribution is 0.283. The van der Waals surface area contributed by atoms with Gasteiger partial charge in [-0.15, -0.1) is 11.3 Å². The van der Waals surface area contributed by atoms with Gasteiger partial charge in [0, 0.05) is 23.7 Å². The lowest BCUT2D eigenvalue weighted by Crippen LogP contribution is -2.44. The van der Waals surface area contributed by atoms with Gasteiger partial charge in [0.25, 0.3) is 0 Å². The molecule has 1 aliphatic heterocycles. The van der Waals surface area contributed by atoms with Crippen molar-refractivity contribution in [2.45, 2.75) is 52.1 Å². The zero-order valence-electron chi connectivity index (χ0n) is 11.7. The number of piperidine rings is 1. The molecular formula is C14H25N3S. The Labute approximate surface area is 114 Å². The van der Waals surface area contributed by atoms with Crippen LogP contribution < -0.4 is 10.6 Å². The molecule has 1 aromatic heterocycles. The highest BCUT2D eigenvalue weighted by Gasteiger charge is 2.20. The Bertz CT molecular complexity index is 364. The number of nitrogens with zero attached hydrogens (tertiary/aromatic N) is 1. The number of aryl methyl sites for hydroxylation is 1. The van der Waals surface area contributed by atoms with Crippen LogP contribution in [0.3, 0.4) is 0 Å². The Morgan fingerprint density at radius 3 is 3.11 bits per heavy atom. The Hall–Kier alpha value is -0.450. The van der Waals surface area contributed by atoms with Crippen LogP contribution in [0.4, 0.5) is 0 Å². The molecule has 2 N–H and O–H groups in total. The van der Waals surface area contributed by atoms with Gasteiger partial charge in [-0.1, -0.05) is 13.3 Å². The van der Waals surface area contributed by atoms with Crippen molar-refractivity contribution < 1.29 is 0 Å². The van der Waals surface area contributed by atoms with E-state index < -0.39 is 0 Å². The molecule has 18 heavy (non-hydrogen) atoms. The van der Waals surface area contributed by atoms with Gasteiger partial charge >= 0.3 is 0 Å². The average molecular weight is 267 g/mol. The largest absolute Gasteiger partial charge is 0.313 e. The number of aromatic nitrogens is 1. The molecule has 3 atom stereocenters. The summed E-state index contributed by atoms with van der Waals surface area (Å²) in [7, 11) is 0. The molecule has 2 rings (SSSR count). The van der Waals surface area contributed by atoms with Crippen molar-refractivity contribution in [2.75, 3.05) is 13.1 Å². The van der Waals surface area contributed by atoms with Crippen LogP contribution >= 0.6 is 11.3 Å². The SMILES string of the molecule is CCC1CCNC(CNC(C)c2nc(C)cs2)C1. The highest BCUT2D eigenvalue weighted by atomic mass is 32.1. The number of hydrogen-bond acceptors (Lipinski definition) is 4. The van der Waals surface area contributed by atoms with E-state index in [9.17, 15) is 0 Å². The standard InChI is InChI=1S/C14H25N3S/c1-4-12-5-6-15-13(7-12)8-16-11(3)14-17-10(2)9-18-14/h9,11-13,15-16H,4-8H2,1-3H3. The monoisotopic (exact) mass is 267 g/mol. The zero-order chi connectivity index (χ0) is 13.0. The molecule has 0 spiro atoms. The lowest BCUT2D eigenvalue weighted by atomic mass is 9.90. The Morgan fingerprint density at radius 1 is 1.61 bits per heavy atom. The van der Waals surface area contributed by atoms with Gasteiger partial charge in [0.15, 0.2) is 0 Å². The first-order chi connectivity index (χ1) is 8.69. The van der Waals surface area contributed by atoms with Crippen molar-refractivity contribution in [3.8, 4) is 0 Å². The second-order valence-electron chi connectivity index (χ2n) is 5.41. The molecular weight excluding hydrogens is 242 g/mol. The van der Waals surface area contributed by atoms with E-state index in [-0.39, 0.29) is 0 Å². The van der Waals surface area contributed by atoms with Crippen molar-refractivity contribution in [3.63, 3.8) is 0 Å². The molecule has 1 aliphatic rings. The van der Waals surface area contributed by atoms with E-state index in [4.69, 9.17) is 0 Å². The zero-order valence-corrected chi connectivity index (χ0v) is 12.5. The summed E-state index contributed by atoms with van der Waals surface area (Å²) in [6, 6.07) is 1.000. The first-order valence-corrected chi connectivity index (χ1v) is 7.95. The molecule has 4 heteroatoms. The van der Waals surface area contributed by atoms with Crippen LogP contribution in [0.5, 0.6) is 0 Å². The van der Waals surface area contributed by atoms with E-state index in [1.165, 1.54) is 30.8 Å². The maximum atomic E-state index is 4.54. The highest BCUT2D eigenvalue weighted by molar-refractivity contribution is 7.09. The summed E-state index contributed by atoms with van der Waals surface area (Å²) in [5.74, 6) is 0.912. The van der Waals surface area contributed by atoms with Crippen LogP contribution in [0.2, 0.25) is 0 Å². The first kappa shape index (κ1) is 14.0. The fourth-order valence-electron chi connectivity index (χ4n) is 2.60. The van der Waals surface area contributed by atoms with Gasteiger partial charge in [-0.3, -0.25) is 0 Å². The van der Waals surface area contributed by atoms with Crippen LogP contribution in [0.25, 0.3) is 0 Å². The van der Waals surface area contributed by atoms with E-state index in [2.05, 4.69) is 41.8 Å². The summed E-state index contributed by atoms with van der Waals surface area (Å²) >= 11 is 1.76. The predicted octanol–water partition coefficient (Wildman–Crippen LogP) is 2.88. The normalized spacial score (nSPS) is 26.2. The second-order valence-corrected chi connectivity index (χ2v) is 6.30. The first-order valence-electron chi connectivity index (χ1n) is 7.07. The second kappa shape index (κ2) is 6.64. The van der Waals surface area contributed by atoms with Crippen LogP contribution in [0.1, 0.15) is 49.9 Å². The smallest absolute Gasteiger partial charge is 0.110 e. The van der Waals surface area contributed by atoms with Crippen molar-refractivity contribution in [1.82, 2.24) is 15.6 Å². The Kier molecular flexibility index (Phi) is 5.15. The molecule has 0 bridgehead atoms. The third-order valence-corrected chi connectivity index (χ3v) is 5.00. The predicted molar refractivity (Wildman–Crippen MR) is 78.1 cm³/mol. The van der Waals surface area contributed by atoms with Gasteiger partial charge in [-0.2, -0.15) is 0 Å². The number of rotatable bonds is 5. The maximum absolute atomic E-state index is 4.54.